The van der Waals surface area contributed by atoms with Crippen LogP contribution in [0, 0.1) is 6.92 Å². The number of guanidine groups is 1. The highest BCUT2D eigenvalue weighted by atomic mass is 32.1. The average molecular weight is 380 g/mol. The van der Waals surface area contributed by atoms with Gasteiger partial charge in [0.15, 0.2) is 5.96 Å². The van der Waals surface area contributed by atoms with Gasteiger partial charge < -0.3 is 15.4 Å². The fourth-order valence-electron chi connectivity index (χ4n) is 1.87. The highest BCUT2D eigenvalue weighted by Gasteiger charge is 2.26. The Morgan fingerprint density at radius 1 is 1.40 bits per heavy atom. The van der Waals surface area contributed by atoms with Gasteiger partial charge in [-0.15, -0.1) is 11.3 Å². The van der Waals surface area contributed by atoms with Gasteiger partial charge in [0.2, 0.25) is 0 Å². The van der Waals surface area contributed by atoms with Crippen molar-refractivity contribution in [2.75, 3.05) is 19.7 Å². The van der Waals surface area contributed by atoms with E-state index in [9.17, 15) is 18.0 Å². The first kappa shape index (κ1) is 21.2. The molecule has 25 heavy (non-hydrogen) atoms. The molecule has 1 heterocycles. The van der Waals surface area contributed by atoms with Gasteiger partial charge in [0.05, 0.1) is 31.3 Å². The molecule has 1 unspecified atom stereocenters. The zero-order valence-electron chi connectivity index (χ0n) is 14.7. The Hall–Kier alpha value is -1.84. The number of nitrogens with zero attached hydrogens (tertiary/aromatic N) is 2. The summed E-state index contributed by atoms with van der Waals surface area (Å²) in [5, 5.41) is 6.52. The molecule has 0 fully saturated rings. The number of thiazole rings is 1. The van der Waals surface area contributed by atoms with E-state index in [2.05, 4.69) is 20.6 Å². The number of hydrogen-bond donors (Lipinski definition) is 2. The molecule has 0 saturated heterocycles. The highest BCUT2D eigenvalue weighted by molar-refractivity contribution is 7.13. The van der Waals surface area contributed by atoms with Crippen molar-refractivity contribution in [2.24, 2.45) is 4.99 Å². The molecule has 0 bridgehead atoms. The third kappa shape index (κ3) is 7.29. The average Bonchev–Trinajstić information content (AvgIpc) is 2.88. The highest BCUT2D eigenvalue weighted by Crippen LogP contribution is 2.24. The van der Waals surface area contributed by atoms with E-state index >= 15 is 0 Å². The molecule has 0 aromatic carbocycles. The van der Waals surface area contributed by atoms with E-state index in [1.807, 2.05) is 6.92 Å². The Bertz CT molecular complexity index is 602. The summed E-state index contributed by atoms with van der Waals surface area (Å²) in [6.45, 7) is 7.46. The van der Waals surface area contributed by atoms with Crippen molar-refractivity contribution < 1.29 is 22.7 Å². The maximum absolute atomic E-state index is 12.2. The van der Waals surface area contributed by atoms with Crippen molar-refractivity contribution in [2.45, 2.75) is 46.3 Å². The van der Waals surface area contributed by atoms with Crippen molar-refractivity contribution in [3.05, 3.63) is 15.6 Å². The standard InChI is InChI=1S/C15H23F3N4O2S/c1-5-19-14(20-8-7-15(16,17)18)22-10(4)12-21-9(3)11(25-12)13(23)24-6-2/h10H,5-8H2,1-4H3,(H2,19,20,22). The monoisotopic (exact) mass is 380 g/mol. The van der Waals surface area contributed by atoms with Gasteiger partial charge in [0.1, 0.15) is 9.88 Å². The number of aliphatic imine (C=N–C) groups is 1. The van der Waals surface area contributed by atoms with Gasteiger partial charge in [0, 0.05) is 6.54 Å². The fourth-order valence-corrected chi connectivity index (χ4v) is 2.83. The second kappa shape index (κ2) is 9.59. The molecule has 0 spiro atoms. The van der Waals surface area contributed by atoms with Gasteiger partial charge >= 0.3 is 12.1 Å². The summed E-state index contributed by atoms with van der Waals surface area (Å²) in [5.74, 6) is -0.161. The fraction of sp³-hybridized carbons (Fsp3) is 0.667. The molecule has 0 aliphatic carbocycles. The van der Waals surface area contributed by atoms with E-state index in [1.165, 1.54) is 11.3 Å². The molecule has 1 aromatic rings. The van der Waals surface area contributed by atoms with Crippen molar-refractivity contribution in [1.82, 2.24) is 15.6 Å². The Labute approximate surface area is 148 Å². The van der Waals surface area contributed by atoms with Crippen LogP contribution < -0.4 is 10.6 Å². The number of carbonyl (C=O) groups excluding carboxylic acids is 1. The zero-order chi connectivity index (χ0) is 19.0. The van der Waals surface area contributed by atoms with Gasteiger partial charge in [-0.1, -0.05) is 0 Å². The first-order valence-electron chi connectivity index (χ1n) is 7.94. The van der Waals surface area contributed by atoms with Crippen LogP contribution in [0.3, 0.4) is 0 Å². The minimum absolute atomic E-state index is 0.268. The van der Waals surface area contributed by atoms with Crippen molar-refractivity contribution in [1.29, 1.82) is 0 Å². The predicted molar refractivity (Wildman–Crippen MR) is 91.0 cm³/mol. The summed E-state index contributed by atoms with van der Waals surface area (Å²) in [7, 11) is 0. The number of carbonyl (C=O) groups is 1. The van der Waals surface area contributed by atoms with E-state index < -0.39 is 18.6 Å². The largest absolute Gasteiger partial charge is 0.462 e. The predicted octanol–water partition coefficient (Wildman–Crippen LogP) is 3.20. The molecule has 0 amide bonds. The second-order valence-electron chi connectivity index (χ2n) is 5.18. The van der Waals surface area contributed by atoms with Crippen LogP contribution in [0.15, 0.2) is 4.99 Å². The van der Waals surface area contributed by atoms with Crippen LogP contribution in [-0.2, 0) is 4.74 Å². The number of halogens is 3. The minimum Gasteiger partial charge on any atom is -0.462 e. The molecule has 1 rings (SSSR count). The Balaban J connectivity index is 2.80. The normalized spacial score (nSPS) is 13.5. The number of aromatic nitrogens is 1. The third-order valence-corrected chi connectivity index (χ3v) is 4.33. The van der Waals surface area contributed by atoms with Crippen LogP contribution in [0.2, 0.25) is 0 Å². The van der Waals surface area contributed by atoms with Gasteiger partial charge in [-0.2, -0.15) is 13.2 Å². The maximum atomic E-state index is 12.2. The summed E-state index contributed by atoms with van der Waals surface area (Å²) in [5.41, 5.74) is 0.561. The number of esters is 1. The van der Waals surface area contributed by atoms with E-state index in [4.69, 9.17) is 4.74 Å². The van der Waals surface area contributed by atoms with Crippen molar-refractivity contribution in [3.63, 3.8) is 0 Å². The van der Waals surface area contributed by atoms with E-state index in [0.717, 1.165) is 0 Å². The Kier molecular flexibility index (Phi) is 8.14. The summed E-state index contributed by atoms with van der Waals surface area (Å²) >= 11 is 1.19. The smallest absolute Gasteiger partial charge is 0.390 e. The lowest BCUT2D eigenvalue weighted by atomic mass is 10.3. The lowest BCUT2D eigenvalue weighted by Crippen LogP contribution is -2.39. The molecule has 10 heteroatoms. The topological polar surface area (TPSA) is 75.6 Å². The third-order valence-electron chi connectivity index (χ3n) is 3.01. The summed E-state index contributed by atoms with van der Waals surface area (Å²) in [4.78, 5) is 20.5. The van der Waals surface area contributed by atoms with Gasteiger partial charge in [-0.3, -0.25) is 4.99 Å². The number of aryl methyl sites for hydroxylation is 1. The Morgan fingerprint density at radius 2 is 2.08 bits per heavy atom. The molecule has 2 N–H and O–H groups in total. The summed E-state index contributed by atoms with van der Waals surface area (Å²) in [6, 6.07) is -0.324. The number of hydrogen-bond acceptors (Lipinski definition) is 5. The molecule has 0 saturated carbocycles. The van der Waals surface area contributed by atoms with Gasteiger partial charge in [0.25, 0.3) is 0 Å². The van der Waals surface area contributed by atoms with E-state index in [1.54, 1.807) is 20.8 Å². The summed E-state index contributed by atoms with van der Waals surface area (Å²) in [6.07, 6.45) is -5.23. The molecule has 6 nitrogen and oxygen atoms in total. The van der Waals surface area contributed by atoms with Gasteiger partial charge in [-0.05, 0) is 27.7 Å². The SMILES string of the molecule is CCNC(=NCCC(F)(F)F)NC(C)c1nc(C)c(C(=O)OCC)s1. The van der Waals surface area contributed by atoms with Crippen LogP contribution in [0.1, 0.15) is 53.6 Å². The molecule has 142 valence electrons. The molecular formula is C15H23F3N4O2S. The number of nitrogens with one attached hydrogen (secondary N) is 2. The molecular weight excluding hydrogens is 357 g/mol. The number of ether oxygens (including phenoxy) is 1. The van der Waals surface area contributed by atoms with Crippen LogP contribution in [0.5, 0.6) is 0 Å². The first-order valence-corrected chi connectivity index (χ1v) is 8.75. The van der Waals surface area contributed by atoms with Crippen molar-refractivity contribution >= 4 is 23.3 Å². The van der Waals surface area contributed by atoms with E-state index in [-0.39, 0.29) is 25.2 Å². The molecule has 0 aliphatic heterocycles. The zero-order valence-corrected chi connectivity index (χ0v) is 15.5. The number of rotatable bonds is 7. The minimum atomic E-state index is -4.24. The summed E-state index contributed by atoms with van der Waals surface area (Å²) < 4.78 is 41.7. The first-order chi connectivity index (χ1) is 11.7. The van der Waals surface area contributed by atoms with Gasteiger partial charge in [-0.25, -0.2) is 9.78 Å². The maximum Gasteiger partial charge on any atom is 0.390 e. The number of alkyl halides is 3. The van der Waals surface area contributed by atoms with Crippen LogP contribution in [-0.4, -0.2) is 42.8 Å². The lowest BCUT2D eigenvalue weighted by molar-refractivity contribution is -0.132. The van der Waals surface area contributed by atoms with Crippen molar-refractivity contribution in [3.8, 4) is 0 Å². The second-order valence-corrected chi connectivity index (χ2v) is 6.21. The quantitative estimate of drug-likeness (QED) is 0.432. The Morgan fingerprint density at radius 3 is 2.64 bits per heavy atom. The van der Waals surface area contributed by atoms with E-state index in [0.29, 0.717) is 22.1 Å². The van der Waals surface area contributed by atoms with Crippen LogP contribution in [0.4, 0.5) is 13.2 Å². The van der Waals surface area contributed by atoms with Crippen LogP contribution in [0.25, 0.3) is 0 Å². The molecule has 0 aliphatic rings. The lowest BCUT2D eigenvalue weighted by Gasteiger charge is -2.16. The molecule has 1 atom stereocenters. The molecule has 0 radical (unpaired) electrons. The van der Waals surface area contributed by atoms with Crippen LogP contribution >= 0.6 is 11.3 Å². The molecule has 1 aromatic heterocycles.